The highest BCUT2D eigenvalue weighted by molar-refractivity contribution is 7.98. The van der Waals surface area contributed by atoms with Gasteiger partial charge in [-0.2, -0.15) is 0 Å². The number of amides is 1. The molecule has 0 aliphatic heterocycles. The number of thioether (sulfide) groups is 1. The molecule has 0 spiro atoms. The first kappa shape index (κ1) is 24.5. The molecule has 0 radical (unpaired) electrons. The number of nitrogens with one attached hydrogen (secondary N) is 1. The van der Waals surface area contributed by atoms with Gasteiger partial charge in [0.1, 0.15) is 15.7 Å². The number of carbonyl (C=O) groups is 3. The van der Waals surface area contributed by atoms with Gasteiger partial charge < -0.3 is 19.3 Å². The number of ether oxygens (including phenoxy) is 2. The number of aromatic nitrogens is 2. The summed E-state index contributed by atoms with van der Waals surface area (Å²) in [4.78, 5) is 41.5. The van der Waals surface area contributed by atoms with E-state index in [0.717, 1.165) is 22.6 Å². The first-order chi connectivity index (χ1) is 15.8. The van der Waals surface area contributed by atoms with Crippen LogP contribution in [0.25, 0.3) is 0 Å². The fourth-order valence-electron chi connectivity index (χ4n) is 2.84. The Bertz CT molecular complexity index is 1150. The summed E-state index contributed by atoms with van der Waals surface area (Å²) in [6.07, 6.45) is 1.58. The van der Waals surface area contributed by atoms with Crippen molar-refractivity contribution in [2.75, 3.05) is 18.5 Å². The number of aryl methyl sites for hydroxylation is 3. The van der Waals surface area contributed by atoms with Gasteiger partial charge in [0.05, 0.1) is 22.9 Å². The van der Waals surface area contributed by atoms with Crippen LogP contribution in [0, 0.1) is 20.8 Å². The van der Waals surface area contributed by atoms with E-state index in [9.17, 15) is 14.4 Å². The van der Waals surface area contributed by atoms with Gasteiger partial charge in [-0.15, -0.1) is 23.1 Å². The van der Waals surface area contributed by atoms with Crippen LogP contribution in [-0.2, 0) is 20.0 Å². The number of nitrogens with zero attached hydrogens (tertiary/aromatic N) is 2. The van der Waals surface area contributed by atoms with E-state index in [4.69, 9.17) is 14.0 Å². The Balaban J connectivity index is 1.58. The zero-order chi connectivity index (χ0) is 24.0. The van der Waals surface area contributed by atoms with E-state index in [0.29, 0.717) is 32.0 Å². The summed E-state index contributed by atoms with van der Waals surface area (Å²) in [7, 11) is 0. The molecule has 0 unspecified atom stereocenters. The number of esters is 2. The highest BCUT2D eigenvalue weighted by atomic mass is 32.2. The van der Waals surface area contributed by atoms with Crippen molar-refractivity contribution < 1.29 is 28.4 Å². The Morgan fingerprint density at radius 1 is 1.18 bits per heavy atom. The second-order valence-corrected chi connectivity index (χ2v) is 8.93. The van der Waals surface area contributed by atoms with Crippen molar-refractivity contribution in [3.05, 3.63) is 57.4 Å². The fraction of sp³-hybridized carbons (Fsp3) is 0.318. The lowest BCUT2D eigenvalue weighted by molar-refractivity contribution is -0.119. The lowest BCUT2D eigenvalue weighted by atomic mass is 10.2. The number of anilines is 1. The molecule has 9 nitrogen and oxygen atoms in total. The third-order valence-electron chi connectivity index (χ3n) is 4.50. The van der Waals surface area contributed by atoms with Crippen molar-refractivity contribution in [2.45, 2.75) is 38.5 Å². The number of hydrogen-bond donors (Lipinski definition) is 1. The maximum atomic E-state index is 12.6. The summed E-state index contributed by atoms with van der Waals surface area (Å²) in [5.74, 6) is -0.376. The van der Waals surface area contributed by atoms with E-state index in [-0.39, 0.29) is 12.2 Å². The van der Waals surface area contributed by atoms with Gasteiger partial charge in [-0.25, -0.2) is 14.6 Å². The molecule has 0 aliphatic rings. The van der Waals surface area contributed by atoms with Crippen molar-refractivity contribution in [3.63, 3.8) is 0 Å². The van der Waals surface area contributed by atoms with Gasteiger partial charge in [-0.3, -0.25) is 4.79 Å². The molecule has 3 aromatic heterocycles. The van der Waals surface area contributed by atoms with Crippen molar-refractivity contribution in [1.82, 2.24) is 10.1 Å². The van der Waals surface area contributed by atoms with E-state index in [1.54, 1.807) is 38.2 Å². The van der Waals surface area contributed by atoms with Crippen LogP contribution in [-0.4, -0.2) is 41.2 Å². The Kier molecular flexibility index (Phi) is 8.23. The number of hydrogen-bond acceptors (Lipinski definition) is 10. The topological polar surface area (TPSA) is 121 Å². The Morgan fingerprint density at radius 3 is 2.67 bits per heavy atom. The van der Waals surface area contributed by atoms with Gasteiger partial charge in [0.15, 0.2) is 6.61 Å². The molecule has 3 aromatic rings. The highest BCUT2D eigenvalue weighted by Gasteiger charge is 2.19. The van der Waals surface area contributed by atoms with Crippen LogP contribution in [0.4, 0.5) is 5.00 Å². The van der Waals surface area contributed by atoms with E-state index in [2.05, 4.69) is 15.5 Å². The molecule has 33 heavy (non-hydrogen) atoms. The molecule has 0 atom stereocenters. The largest absolute Gasteiger partial charge is 0.462 e. The first-order valence-electron chi connectivity index (χ1n) is 10.0. The molecule has 0 bridgehead atoms. The maximum absolute atomic E-state index is 12.6. The molecule has 174 valence electrons. The van der Waals surface area contributed by atoms with Crippen LogP contribution in [0.3, 0.4) is 0 Å². The quantitative estimate of drug-likeness (QED) is 0.346. The zero-order valence-electron chi connectivity index (χ0n) is 18.6. The lowest BCUT2D eigenvalue weighted by Crippen LogP contribution is -2.20. The fourth-order valence-corrected chi connectivity index (χ4v) is 4.95. The minimum absolute atomic E-state index is 0.263. The standard InChI is InChI=1S/C22H23N3O6S2/c1-5-29-22(28)19-12(2)9-18(33-19)24-17(26)10-30-21(27)15-7-6-8-23-20(15)32-11-16-13(3)25-31-14(16)4/h6-9H,5,10-11H2,1-4H3,(H,24,26). The summed E-state index contributed by atoms with van der Waals surface area (Å²) in [6.45, 7) is 6.94. The van der Waals surface area contributed by atoms with Crippen molar-refractivity contribution in [3.8, 4) is 0 Å². The van der Waals surface area contributed by atoms with Gasteiger partial charge in [0.2, 0.25) is 0 Å². The van der Waals surface area contributed by atoms with Gasteiger partial charge >= 0.3 is 11.9 Å². The summed E-state index contributed by atoms with van der Waals surface area (Å²) in [6, 6.07) is 4.89. The molecule has 3 rings (SSSR count). The third kappa shape index (κ3) is 6.20. The van der Waals surface area contributed by atoms with Gasteiger partial charge in [0, 0.05) is 17.5 Å². The predicted molar refractivity (Wildman–Crippen MR) is 124 cm³/mol. The van der Waals surface area contributed by atoms with Crippen LogP contribution < -0.4 is 5.32 Å². The summed E-state index contributed by atoms with van der Waals surface area (Å²) < 4.78 is 15.3. The summed E-state index contributed by atoms with van der Waals surface area (Å²) in [5.41, 5.74) is 2.68. The Labute approximate surface area is 198 Å². The number of pyridine rings is 1. The predicted octanol–water partition coefficient (Wildman–Crippen LogP) is 4.32. The molecular formula is C22H23N3O6S2. The van der Waals surface area contributed by atoms with Crippen LogP contribution in [0.2, 0.25) is 0 Å². The molecule has 11 heteroatoms. The Hall–Kier alpha value is -3.18. The average molecular weight is 490 g/mol. The number of thiophene rings is 1. The zero-order valence-corrected chi connectivity index (χ0v) is 20.2. The second-order valence-electron chi connectivity index (χ2n) is 6.92. The summed E-state index contributed by atoms with van der Waals surface area (Å²) >= 11 is 2.46. The van der Waals surface area contributed by atoms with E-state index in [1.165, 1.54) is 11.8 Å². The molecule has 0 saturated carbocycles. The van der Waals surface area contributed by atoms with Crippen molar-refractivity contribution >= 4 is 45.9 Å². The van der Waals surface area contributed by atoms with Crippen molar-refractivity contribution in [2.24, 2.45) is 0 Å². The number of rotatable bonds is 9. The molecule has 1 amide bonds. The lowest BCUT2D eigenvalue weighted by Gasteiger charge is -2.08. The van der Waals surface area contributed by atoms with Gasteiger partial charge in [-0.1, -0.05) is 5.16 Å². The smallest absolute Gasteiger partial charge is 0.348 e. The van der Waals surface area contributed by atoms with Crippen molar-refractivity contribution in [1.29, 1.82) is 0 Å². The van der Waals surface area contributed by atoms with E-state index < -0.39 is 24.5 Å². The normalized spacial score (nSPS) is 10.7. The molecular weight excluding hydrogens is 466 g/mol. The third-order valence-corrected chi connectivity index (χ3v) is 6.67. The van der Waals surface area contributed by atoms with Gasteiger partial charge in [-0.05, 0) is 51.5 Å². The first-order valence-corrected chi connectivity index (χ1v) is 11.8. The monoisotopic (exact) mass is 489 g/mol. The summed E-state index contributed by atoms with van der Waals surface area (Å²) in [5, 5.41) is 7.51. The van der Waals surface area contributed by atoms with Gasteiger partial charge in [0.25, 0.3) is 5.91 Å². The number of carbonyl (C=O) groups excluding carboxylic acids is 3. The van der Waals surface area contributed by atoms with E-state index >= 15 is 0 Å². The Morgan fingerprint density at radius 2 is 1.97 bits per heavy atom. The molecule has 0 aromatic carbocycles. The minimum atomic E-state index is -0.658. The van der Waals surface area contributed by atoms with Crippen LogP contribution in [0.15, 0.2) is 33.9 Å². The molecule has 1 N–H and O–H groups in total. The van der Waals surface area contributed by atoms with Crippen LogP contribution in [0.5, 0.6) is 0 Å². The molecule has 0 saturated heterocycles. The molecule has 3 heterocycles. The molecule has 0 fully saturated rings. The second kappa shape index (κ2) is 11.1. The van der Waals surface area contributed by atoms with E-state index in [1.807, 2.05) is 13.8 Å². The minimum Gasteiger partial charge on any atom is -0.462 e. The van der Waals surface area contributed by atoms with Crippen LogP contribution in [0.1, 0.15) is 49.5 Å². The molecule has 0 aliphatic carbocycles. The highest BCUT2D eigenvalue weighted by Crippen LogP contribution is 2.28. The van der Waals surface area contributed by atoms with Crippen LogP contribution >= 0.6 is 23.1 Å². The maximum Gasteiger partial charge on any atom is 0.348 e. The SMILES string of the molecule is CCOC(=O)c1sc(NC(=O)COC(=O)c2cccnc2SCc2c(C)noc2C)cc1C. The average Bonchev–Trinajstić information content (AvgIpc) is 3.31.